The van der Waals surface area contributed by atoms with E-state index in [4.69, 9.17) is 25.3 Å². The predicted molar refractivity (Wildman–Crippen MR) is 141 cm³/mol. The van der Waals surface area contributed by atoms with Crippen molar-refractivity contribution in [3.05, 3.63) is 74.0 Å². The van der Waals surface area contributed by atoms with Gasteiger partial charge in [-0.15, -0.1) is 11.5 Å². The summed E-state index contributed by atoms with van der Waals surface area (Å²) in [5.41, 5.74) is 3.46. The summed E-state index contributed by atoms with van der Waals surface area (Å²) in [5.74, 6) is -0.0137. The fourth-order valence-corrected chi connectivity index (χ4v) is 4.02. The molecule has 37 heavy (non-hydrogen) atoms. The molecule has 1 saturated carbocycles. The van der Waals surface area contributed by atoms with E-state index in [9.17, 15) is 10.2 Å². The largest absolute Gasteiger partial charge is 3.00 e. The van der Waals surface area contributed by atoms with Crippen LogP contribution in [0.1, 0.15) is 89.5 Å². The summed E-state index contributed by atoms with van der Waals surface area (Å²) in [5, 5.41) is 39.5. The van der Waals surface area contributed by atoms with E-state index in [1.807, 2.05) is 24.3 Å². The Kier molecular flexibility index (Phi) is 11.8. The minimum absolute atomic E-state index is 0. The van der Waals surface area contributed by atoms with Crippen LogP contribution in [0.15, 0.2) is 46.4 Å². The van der Waals surface area contributed by atoms with Gasteiger partial charge in [-0.3, -0.25) is 9.98 Å². The van der Waals surface area contributed by atoms with Gasteiger partial charge >= 0.3 is 16.8 Å². The molecule has 1 fully saturated rings. The molecule has 1 aliphatic rings. The molecule has 8 nitrogen and oxygen atoms in total. The van der Waals surface area contributed by atoms with Crippen molar-refractivity contribution in [2.45, 2.75) is 90.1 Å². The normalized spacial score (nSPS) is 18.2. The smallest absolute Gasteiger partial charge is 0.872 e. The molecule has 0 aromatic heterocycles. The molecule has 1 aliphatic carbocycles. The second-order valence-corrected chi connectivity index (χ2v) is 11.2. The number of benzene rings is 2. The van der Waals surface area contributed by atoms with Crippen LogP contribution in [0.4, 0.5) is 0 Å². The van der Waals surface area contributed by atoms with Gasteiger partial charge in [0.25, 0.3) is 0 Å². The number of aliphatic imine (C=N–C) groups is 2. The zero-order valence-corrected chi connectivity index (χ0v) is 23.4. The van der Waals surface area contributed by atoms with Crippen LogP contribution < -0.4 is 10.2 Å². The van der Waals surface area contributed by atoms with Crippen LogP contribution >= 0.6 is 0 Å². The number of rotatable bonds is 4. The average Bonchev–Trinajstić information content (AvgIpc) is 2.76. The van der Waals surface area contributed by atoms with E-state index in [0.717, 1.165) is 36.8 Å². The standard InChI is InChI=1S/C28H38N2O2.Co.NO3/c1-27(2,3)21-11-13-25(31)19(15-21)17-29-23-9-7-8-10-24(23)30-18-20-16-22(28(4,5)6)12-14-26(20)32;;2-1(3)4/h11-18,23-24,31-32H,7-10H2,1-6H3;;/q;+3;-1/p-2/t23-,24-;;/m0../s1. The Labute approximate surface area is 229 Å². The molecule has 0 unspecified atom stereocenters. The summed E-state index contributed by atoms with van der Waals surface area (Å²) in [6.45, 7) is 12.8. The first kappa shape index (κ1) is 32.1. The first-order valence-corrected chi connectivity index (χ1v) is 12.2. The van der Waals surface area contributed by atoms with Gasteiger partial charge in [0.15, 0.2) is 0 Å². The molecular formula is C28H36CoN3O5. The Bertz CT molecular complexity index is 1020. The Morgan fingerprint density at radius 2 is 1.08 bits per heavy atom. The number of nitrogens with zero attached hydrogens (tertiary/aromatic N) is 3. The summed E-state index contributed by atoms with van der Waals surface area (Å²) in [6.07, 6.45) is 7.56. The molecule has 0 radical (unpaired) electrons. The molecule has 202 valence electrons. The summed E-state index contributed by atoms with van der Waals surface area (Å²) < 4.78 is 0. The molecule has 0 heterocycles. The van der Waals surface area contributed by atoms with Gasteiger partial charge in [0.2, 0.25) is 0 Å². The Morgan fingerprint density at radius 3 is 1.38 bits per heavy atom. The quantitative estimate of drug-likeness (QED) is 0.297. The third-order valence-electron chi connectivity index (χ3n) is 6.26. The minimum Gasteiger partial charge on any atom is -0.872 e. The van der Waals surface area contributed by atoms with Crippen LogP contribution in [0.3, 0.4) is 0 Å². The van der Waals surface area contributed by atoms with Gasteiger partial charge < -0.3 is 25.5 Å². The fourth-order valence-electron chi connectivity index (χ4n) is 4.02. The average molecular weight is 554 g/mol. The van der Waals surface area contributed by atoms with Gasteiger partial charge in [0, 0.05) is 12.4 Å². The third kappa shape index (κ3) is 10.2. The molecule has 0 spiro atoms. The molecule has 2 aromatic carbocycles. The van der Waals surface area contributed by atoms with Gasteiger partial charge in [-0.1, -0.05) is 90.8 Å². The summed E-state index contributed by atoms with van der Waals surface area (Å²) in [4.78, 5) is 17.8. The summed E-state index contributed by atoms with van der Waals surface area (Å²) in [6, 6.07) is 11.0. The van der Waals surface area contributed by atoms with Crippen molar-refractivity contribution in [2.24, 2.45) is 9.98 Å². The molecule has 0 aliphatic heterocycles. The molecule has 0 amide bonds. The van der Waals surface area contributed by atoms with Crippen molar-refractivity contribution >= 4 is 12.4 Å². The first-order valence-electron chi connectivity index (χ1n) is 12.2. The second kappa shape index (κ2) is 13.6. The van der Waals surface area contributed by atoms with Crippen molar-refractivity contribution in [3.63, 3.8) is 0 Å². The second-order valence-electron chi connectivity index (χ2n) is 11.2. The third-order valence-corrected chi connectivity index (χ3v) is 6.26. The van der Waals surface area contributed by atoms with Crippen molar-refractivity contribution in [1.82, 2.24) is 0 Å². The van der Waals surface area contributed by atoms with Crippen molar-refractivity contribution in [3.8, 4) is 11.5 Å². The molecule has 0 N–H and O–H groups in total. The van der Waals surface area contributed by atoms with E-state index in [1.165, 1.54) is 0 Å². The van der Waals surface area contributed by atoms with Gasteiger partial charge in [0.1, 0.15) is 0 Å². The summed E-state index contributed by atoms with van der Waals surface area (Å²) >= 11 is 0. The van der Waals surface area contributed by atoms with Crippen LogP contribution in [-0.2, 0) is 27.6 Å². The maximum absolute atomic E-state index is 12.4. The first-order chi connectivity index (χ1) is 16.7. The maximum Gasteiger partial charge on any atom is 3.00 e. The van der Waals surface area contributed by atoms with Crippen LogP contribution in [0.5, 0.6) is 11.5 Å². The van der Waals surface area contributed by atoms with Crippen molar-refractivity contribution in [1.29, 1.82) is 0 Å². The van der Waals surface area contributed by atoms with Crippen LogP contribution in [0, 0.1) is 15.3 Å². The van der Waals surface area contributed by atoms with E-state index in [-0.39, 0.29) is 51.2 Å². The molecule has 2 atom stereocenters. The molecule has 2 aromatic rings. The maximum atomic E-state index is 12.4. The summed E-state index contributed by atoms with van der Waals surface area (Å²) in [7, 11) is 0. The Morgan fingerprint density at radius 1 is 0.757 bits per heavy atom. The van der Waals surface area contributed by atoms with Crippen molar-refractivity contribution < 1.29 is 32.1 Å². The van der Waals surface area contributed by atoms with Gasteiger partial charge in [-0.25, -0.2) is 0 Å². The minimum atomic E-state index is -1.75. The molecule has 0 saturated heterocycles. The fraction of sp³-hybridized carbons (Fsp3) is 0.500. The van der Waals surface area contributed by atoms with E-state index in [1.54, 1.807) is 24.6 Å². The topological polar surface area (TPSA) is 137 Å². The Hall–Kier alpha value is -2.91. The number of hydrogen-bond donors (Lipinski definition) is 0. The van der Waals surface area contributed by atoms with E-state index < -0.39 is 5.09 Å². The van der Waals surface area contributed by atoms with Crippen LogP contribution in [-0.4, -0.2) is 29.6 Å². The van der Waals surface area contributed by atoms with E-state index in [2.05, 4.69) is 41.5 Å². The zero-order valence-electron chi connectivity index (χ0n) is 22.3. The van der Waals surface area contributed by atoms with Gasteiger partial charge in [-0.05, 0) is 45.9 Å². The molecule has 9 heteroatoms. The van der Waals surface area contributed by atoms with Gasteiger partial charge in [-0.2, -0.15) is 0 Å². The van der Waals surface area contributed by atoms with E-state index in [0.29, 0.717) is 11.1 Å². The van der Waals surface area contributed by atoms with Crippen LogP contribution in [0.2, 0.25) is 0 Å². The molecule has 0 bridgehead atoms. The van der Waals surface area contributed by atoms with Gasteiger partial charge in [0.05, 0.1) is 17.2 Å². The zero-order chi connectivity index (χ0) is 27.1. The SMILES string of the molecule is CC(C)(C)c1ccc([O-])c(C=N[C@H]2CCCC[C@@H]2N=Cc2cc(C(C)(C)C)ccc2[O-])c1.O=[N+]([O-])[O-].[Co+3]. The number of hydrogen-bond acceptors (Lipinski definition) is 7. The van der Waals surface area contributed by atoms with E-state index >= 15 is 0 Å². The monoisotopic (exact) mass is 553 g/mol. The van der Waals surface area contributed by atoms with Crippen LogP contribution in [0.25, 0.3) is 0 Å². The molecule has 3 rings (SSSR count). The van der Waals surface area contributed by atoms with Crippen molar-refractivity contribution in [2.75, 3.05) is 0 Å². The Balaban J connectivity index is 0.00000127. The molecular weight excluding hydrogens is 517 g/mol. The predicted octanol–water partition coefficient (Wildman–Crippen LogP) is 5.04.